The first-order valence-electron chi connectivity index (χ1n) is 12.0. The molecule has 2 heterocycles. The number of furan rings is 1. The van der Waals surface area contributed by atoms with Crippen LogP contribution in [0.5, 0.6) is 0 Å². The molecule has 5 rings (SSSR count). The van der Waals surface area contributed by atoms with Crippen LogP contribution in [0.1, 0.15) is 40.1 Å². The Morgan fingerprint density at radius 1 is 1.00 bits per heavy atom. The highest BCUT2D eigenvalue weighted by atomic mass is 19.1. The summed E-state index contributed by atoms with van der Waals surface area (Å²) >= 11 is 0. The summed E-state index contributed by atoms with van der Waals surface area (Å²) in [6.07, 6.45) is 1.69. The molecular formula is C29H29FN2O3. The van der Waals surface area contributed by atoms with Gasteiger partial charge in [0.2, 0.25) is 0 Å². The van der Waals surface area contributed by atoms with Crippen LogP contribution in [0.15, 0.2) is 83.3 Å². The second-order valence-corrected chi connectivity index (χ2v) is 9.25. The fourth-order valence-electron chi connectivity index (χ4n) is 4.76. The molecule has 1 aliphatic heterocycles. The molecule has 0 saturated carbocycles. The van der Waals surface area contributed by atoms with E-state index in [1.165, 1.54) is 11.6 Å². The van der Waals surface area contributed by atoms with E-state index in [0.29, 0.717) is 37.0 Å². The van der Waals surface area contributed by atoms with E-state index in [2.05, 4.69) is 22.3 Å². The van der Waals surface area contributed by atoms with Crippen molar-refractivity contribution in [3.63, 3.8) is 0 Å². The molecule has 1 aliphatic rings. The van der Waals surface area contributed by atoms with Crippen molar-refractivity contribution in [3.8, 4) is 0 Å². The fourth-order valence-corrected chi connectivity index (χ4v) is 4.76. The summed E-state index contributed by atoms with van der Waals surface area (Å²) in [5.74, 6) is -0.413. The zero-order valence-corrected chi connectivity index (χ0v) is 19.5. The summed E-state index contributed by atoms with van der Waals surface area (Å²) in [4.78, 5) is 14.9. The fraction of sp³-hybridized carbons (Fsp3) is 0.276. The summed E-state index contributed by atoms with van der Waals surface area (Å²) in [6.45, 7) is 2.81. The molecule has 0 aliphatic carbocycles. The number of hydrogen-bond donors (Lipinski definition) is 2. The van der Waals surface area contributed by atoms with Crippen molar-refractivity contribution >= 4 is 16.9 Å². The molecule has 1 aromatic heterocycles. The topological polar surface area (TPSA) is 65.7 Å². The van der Waals surface area contributed by atoms with Crippen LogP contribution in [0.2, 0.25) is 0 Å². The smallest absolute Gasteiger partial charge is 0.287 e. The molecule has 35 heavy (non-hydrogen) atoms. The van der Waals surface area contributed by atoms with Gasteiger partial charge in [0.05, 0.1) is 5.60 Å². The summed E-state index contributed by atoms with van der Waals surface area (Å²) in [5, 5.41) is 15.0. The van der Waals surface area contributed by atoms with E-state index in [-0.39, 0.29) is 17.5 Å². The van der Waals surface area contributed by atoms with Gasteiger partial charge in [-0.05, 0) is 60.2 Å². The average Bonchev–Trinajstić information content (AvgIpc) is 3.31. The van der Waals surface area contributed by atoms with Gasteiger partial charge in [-0.1, -0.05) is 54.6 Å². The van der Waals surface area contributed by atoms with E-state index in [9.17, 15) is 14.3 Å². The Balaban J connectivity index is 1.21. The third kappa shape index (κ3) is 5.29. The van der Waals surface area contributed by atoms with Crippen LogP contribution in [0.3, 0.4) is 0 Å². The Morgan fingerprint density at radius 2 is 1.74 bits per heavy atom. The molecule has 0 unspecified atom stereocenters. The van der Waals surface area contributed by atoms with Gasteiger partial charge in [-0.25, -0.2) is 4.39 Å². The Bertz CT molecular complexity index is 1310. The molecule has 0 spiro atoms. The van der Waals surface area contributed by atoms with Gasteiger partial charge in [-0.2, -0.15) is 0 Å². The average molecular weight is 473 g/mol. The van der Waals surface area contributed by atoms with E-state index < -0.39 is 5.60 Å². The van der Waals surface area contributed by atoms with E-state index in [1.807, 2.05) is 36.4 Å². The van der Waals surface area contributed by atoms with Crippen LogP contribution >= 0.6 is 0 Å². The Morgan fingerprint density at radius 3 is 2.51 bits per heavy atom. The van der Waals surface area contributed by atoms with Crippen molar-refractivity contribution < 1.29 is 18.7 Å². The van der Waals surface area contributed by atoms with Gasteiger partial charge in [0, 0.05) is 31.6 Å². The van der Waals surface area contributed by atoms with Crippen molar-refractivity contribution in [1.82, 2.24) is 10.2 Å². The summed E-state index contributed by atoms with van der Waals surface area (Å²) in [5.41, 5.74) is 2.37. The van der Waals surface area contributed by atoms with Gasteiger partial charge < -0.3 is 14.8 Å². The summed E-state index contributed by atoms with van der Waals surface area (Å²) < 4.78 is 19.5. The van der Waals surface area contributed by atoms with Crippen LogP contribution < -0.4 is 5.32 Å². The van der Waals surface area contributed by atoms with Gasteiger partial charge in [0.1, 0.15) is 11.4 Å². The van der Waals surface area contributed by atoms with Crippen LogP contribution in [-0.2, 0) is 18.6 Å². The maximum absolute atomic E-state index is 13.8. The number of piperidine rings is 1. The SMILES string of the molecule is O=C(NCCc1ccccc1F)c1cc2cc(C3(O)CCN(Cc4ccccc4)CC3)ccc2o1. The molecule has 1 amide bonds. The number of aliphatic hydroxyl groups is 1. The standard InChI is InChI=1S/C29H29FN2O3/c30-25-9-5-4-8-22(25)12-15-31-28(33)27-19-23-18-24(10-11-26(23)35-27)29(34)13-16-32(17-14-29)20-21-6-2-1-3-7-21/h1-11,18-19,34H,12-17,20H2,(H,31,33). The predicted molar refractivity (Wildman–Crippen MR) is 134 cm³/mol. The highest BCUT2D eigenvalue weighted by Crippen LogP contribution is 2.35. The minimum absolute atomic E-state index is 0.204. The highest BCUT2D eigenvalue weighted by molar-refractivity contribution is 5.96. The molecule has 0 atom stereocenters. The lowest BCUT2D eigenvalue weighted by atomic mass is 9.84. The Labute approximate surface area is 204 Å². The predicted octanol–water partition coefficient (Wildman–Crippen LogP) is 5.03. The first-order chi connectivity index (χ1) is 17.0. The van der Waals surface area contributed by atoms with E-state index in [0.717, 1.165) is 30.6 Å². The number of carbonyl (C=O) groups excluding carboxylic acids is 1. The number of amides is 1. The van der Waals surface area contributed by atoms with E-state index in [4.69, 9.17) is 4.42 Å². The quantitative estimate of drug-likeness (QED) is 0.396. The lowest BCUT2D eigenvalue weighted by Crippen LogP contribution is -2.42. The molecule has 180 valence electrons. The summed E-state index contributed by atoms with van der Waals surface area (Å²) in [7, 11) is 0. The number of carbonyl (C=O) groups is 1. The Hall–Kier alpha value is -3.48. The molecule has 3 aromatic carbocycles. The molecule has 2 N–H and O–H groups in total. The second kappa shape index (κ2) is 10.0. The van der Waals surface area contributed by atoms with Gasteiger partial charge in [-0.15, -0.1) is 0 Å². The number of nitrogens with zero attached hydrogens (tertiary/aromatic N) is 1. The third-order valence-electron chi connectivity index (χ3n) is 6.85. The number of benzene rings is 3. The third-order valence-corrected chi connectivity index (χ3v) is 6.85. The lowest BCUT2D eigenvalue weighted by molar-refractivity contribution is -0.0276. The van der Waals surface area contributed by atoms with Crippen molar-refractivity contribution in [1.29, 1.82) is 0 Å². The van der Waals surface area contributed by atoms with E-state index in [1.54, 1.807) is 24.3 Å². The largest absolute Gasteiger partial charge is 0.451 e. The number of fused-ring (bicyclic) bond motifs is 1. The van der Waals surface area contributed by atoms with Crippen molar-refractivity contribution in [2.75, 3.05) is 19.6 Å². The zero-order chi connectivity index (χ0) is 24.3. The molecule has 1 fully saturated rings. The van der Waals surface area contributed by atoms with Crippen molar-refractivity contribution in [2.24, 2.45) is 0 Å². The van der Waals surface area contributed by atoms with Crippen molar-refractivity contribution in [3.05, 3.63) is 107 Å². The highest BCUT2D eigenvalue weighted by Gasteiger charge is 2.34. The second-order valence-electron chi connectivity index (χ2n) is 9.25. The normalized spacial score (nSPS) is 15.8. The number of halogens is 1. The number of nitrogens with one attached hydrogen (secondary N) is 1. The van der Waals surface area contributed by atoms with Gasteiger partial charge in [0.15, 0.2) is 5.76 Å². The van der Waals surface area contributed by atoms with Crippen LogP contribution in [0, 0.1) is 5.82 Å². The van der Waals surface area contributed by atoms with Crippen LogP contribution in [-0.4, -0.2) is 35.5 Å². The molecule has 0 radical (unpaired) electrons. The van der Waals surface area contributed by atoms with Gasteiger partial charge in [-0.3, -0.25) is 9.69 Å². The zero-order valence-electron chi connectivity index (χ0n) is 19.5. The number of hydrogen-bond acceptors (Lipinski definition) is 4. The minimum atomic E-state index is -0.902. The molecule has 0 bridgehead atoms. The molecule has 1 saturated heterocycles. The lowest BCUT2D eigenvalue weighted by Gasteiger charge is -2.38. The molecular weight excluding hydrogens is 443 g/mol. The maximum Gasteiger partial charge on any atom is 0.287 e. The first-order valence-corrected chi connectivity index (χ1v) is 12.0. The summed E-state index contributed by atoms with van der Waals surface area (Å²) in [6, 6.07) is 24.2. The van der Waals surface area contributed by atoms with Crippen LogP contribution in [0.25, 0.3) is 11.0 Å². The van der Waals surface area contributed by atoms with Crippen molar-refractivity contribution in [2.45, 2.75) is 31.4 Å². The van der Waals surface area contributed by atoms with Crippen LogP contribution in [0.4, 0.5) is 4.39 Å². The minimum Gasteiger partial charge on any atom is -0.451 e. The first kappa shape index (κ1) is 23.3. The molecule has 5 nitrogen and oxygen atoms in total. The molecule has 4 aromatic rings. The van der Waals surface area contributed by atoms with Gasteiger partial charge >= 0.3 is 0 Å². The number of rotatable bonds is 7. The number of likely N-dealkylation sites (tertiary alicyclic amines) is 1. The monoisotopic (exact) mass is 472 g/mol. The van der Waals surface area contributed by atoms with E-state index >= 15 is 0 Å². The van der Waals surface area contributed by atoms with Gasteiger partial charge in [0.25, 0.3) is 5.91 Å². The molecule has 6 heteroatoms. The Kier molecular flexibility index (Phi) is 6.66. The maximum atomic E-state index is 13.8.